The van der Waals surface area contributed by atoms with Gasteiger partial charge in [0.15, 0.2) is 0 Å². The molecule has 1 heterocycles. The smallest absolute Gasteiger partial charge is 0.410 e. The average Bonchev–Trinajstić information content (AvgIpc) is 2.29. The molecule has 0 spiro atoms. The molecular formula is C16H23BrN2O2. The third kappa shape index (κ3) is 5.32. The number of likely N-dealkylation sites (tertiary alicyclic amines) is 1. The molecule has 0 bridgehead atoms. The van der Waals surface area contributed by atoms with Crippen molar-refractivity contribution in [2.24, 2.45) is 5.92 Å². The van der Waals surface area contributed by atoms with Gasteiger partial charge < -0.3 is 15.0 Å². The maximum Gasteiger partial charge on any atom is 0.410 e. The molecule has 1 amide bonds. The summed E-state index contributed by atoms with van der Waals surface area (Å²) in [6.07, 6.45) is -0.203. The van der Waals surface area contributed by atoms with E-state index in [0.29, 0.717) is 5.92 Å². The normalized spacial score (nSPS) is 15.7. The highest BCUT2D eigenvalue weighted by Gasteiger charge is 2.33. The molecule has 5 heteroatoms. The van der Waals surface area contributed by atoms with E-state index in [2.05, 4.69) is 33.4 Å². The third-order valence-corrected chi connectivity index (χ3v) is 3.75. The summed E-state index contributed by atoms with van der Waals surface area (Å²) in [5.74, 6) is 0.518. The van der Waals surface area contributed by atoms with Crippen LogP contribution < -0.4 is 5.32 Å². The van der Waals surface area contributed by atoms with Crippen molar-refractivity contribution in [3.63, 3.8) is 0 Å². The van der Waals surface area contributed by atoms with Crippen LogP contribution in [0.3, 0.4) is 0 Å². The summed E-state index contributed by atoms with van der Waals surface area (Å²) in [6.45, 7) is 9.00. The molecule has 0 atom stereocenters. The van der Waals surface area contributed by atoms with E-state index in [0.717, 1.165) is 30.7 Å². The molecule has 0 unspecified atom stereocenters. The summed E-state index contributed by atoms with van der Waals surface area (Å²) < 4.78 is 6.44. The molecule has 4 nitrogen and oxygen atoms in total. The molecule has 0 aromatic heterocycles. The molecule has 1 aromatic rings. The van der Waals surface area contributed by atoms with Crippen molar-refractivity contribution >= 4 is 22.0 Å². The number of hydrogen-bond donors (Lipinski definition) is 1. The molecule has 1 N–H and O–H groups in total. The molecule has 1 aromatic carbocycles. The van der Waals surface area contributed by atoms with Crippen molar-refractivity contribution < 1.29 is 9.53 Å². The van der Waals surface area contributed by atoms with Crippen LogP contribution in [0.5, 0.6) is 0 Å². The van der Waals surface area contributed by atoms with E-state index < -0.39 is 5.60 Å². The van der Waals surface area contributed by atoms with Crippen molar-refractivity contribution in [2.75, 3.05) is 19.6 Å². The first-order valence-electron chi connectivity index (χ1n) is 7.26. The molecule has 0 saturated carbocycles. The van der Waals surface area contributed by atoms with Crippen LogP contribution in [0.4, 0.5) is 4.79 Å². The lowest BCUT2D eigenvalue weighted by molar-refractivity contribution is -0.000798. The number of benzene rings is 1. The SMILES string of the molecule is CC(C)(C)OC(=O)N1CC(CNCc2cccc(Br)c2)C1. The Morgan fingerprint density at radius 3 is 2.76 bits per heavy atom. The molecular weight excluding hydrogens is 332 g/mol. The standard InChI is InChI=1S/C16H23BrN2O2/c1-16(2,3)21-15(20)19-10-13(11-19)9-18-8-12-5-4-6-14(17)7-12/h4-7,13,18H,8-11H2,1-3H3. The second-order valence-corrected chi connectivity index (χ2v) is 7.43. The van der Waals surface area contributed by atoms with Gasteiger partial charge in [0.05, 0.1) is 0 Å². The summed E-state index contributed by atoms with van der Waals surface area (Å²) >= 11 is 3.47. The summed E-state index contributed by atoms with van der Waals surface area (Å²) in [7, 11) is 0. The predicted molar refractivity (Wildman–Crippen MR) is 87.1 cm³/mol. The van der Waals surface area contributed by atoms with E-state index in [1.807, 2.05) is 32.9 Å². The Morgan fingerprint density at radius 1 is 1.43 bits per heavy atom. The Kier molecular flexibility index (Phi) is 5.27. The van der Waals surface area contributed by atoms with Crippen LogP contribution in [0.2, 0.25) is 0 Å². The number of nitrogens with one attached hydrogen (secondary N) is 1. The van der Waals surface area contributed by atoms with E-state index in [9.17, 15) is 4.79 Å². The highest BCUT2D eigenvalue weighted by Crippen LogP contribution is 2.19. The van der Waals surface area contributed by atoms with E-state index in [1.54, 1.807) is 4.90 Å². The first-order valence-corrected chi connectivity index (χ1v) is 8.06. The maximum atomic E-state index is 11.8. The summed E-state index contributed by atoms with van der Waals surface area (Å²) in [6, 6.07) is 8.27. The molecule has 1 aliphatic rings. The van der Waals surface area contributed by atoms with Gasteiger partial charge in [-0.1, -0.05) is 28.1 Å². The fraction of sp³-hybridized carbons (Fsp3) is 0.562. The molecule has 0 aliphatic carbocycles. The highest BCUT2D eigenvalue weighted by atomic mass is 79.9. The minimum absolute atomic E-state index is 0.203. The number of ether oxygens (including phenoxy) is 1. The van der Waals surface area contributed by atoms with Crippen molar-refractivity contribution in [3.8, 4) is 0 Å². The largest absolute Gasteiger partial charge is 0.444 e. The van der Waals surface area contributed by atoms with Crippen LogP contribution in [0.1, 0.15) is 26.3 Å². The first kappa shape index (κ1) is 16.3. The predicted octanol–water partition coefficient (Wildman–Crippen LogP) is 3.41. The minimum Gasteiger partial charge on any atom is -0.444 e. The Hall–Kier alpha value is -1.07. The molecule has 2 rings (SSSR count). The van der Waals surface area contributed by atoms with Gasteiger partial charge in [-0.15, -0.1) is 0 Å². The van der Waals surface area contributed by atoms with Crippen LogP contribution in [-0.2, 0) is 11.3 Å². The fourth-order valence-corrected chi connectivity index (χ4v) is 2.69. The lowest BCUT2D eigenvalue weighted by Crippen LogP contribution is -2.54. The lowest BCUT2D eigenvalue weighted by atomic mass is 10.0. The molecule has 1 fully saturated rings. The number of halogens is 1. The van der Waals surface area contributed by atoms with Crippen molar-refractivity contribution in [2.45, 2.75) is 32.9 Å². The zero-order valence-electron chi connectivity index (χ0n) is 12.9. The number of nitrogens with zero attached hydrogens (tertiary/aromatic N) is 1. The molecule has 21 heavy (non-hydrogen) atoms. The minimum atomic E-state index is -0.416. The molecule has 116 valence electrons. The second kappa shape index (κ2) is 6.79. The van der Waals surface area contributed by atoms with Crippen molar-refractivity contribution in [1.29, 1.82) is 0 Å². The van der Waals surface area contributed by atoms with Crippen LogP contribution in [0.25, 0.3) is 0 Å². The van der Waals surface area contributed by atoms with Gasteiger partial charge in [0.25, 0.3) is 0 Å². The number of amides is 1. The third-order valence-electron chi connectivity index (χ3n) is 3.26. The summed E-state index contributed by atoms with van der Waals surface area (Å²) in [5.41, 5.74) is 0.842. The Bertz CT molecular complexity index is 493. The van der Waals surface area contributed by atoms with Gasteiger partial charge in [-0.2, -0.15) is 0 Å². The van der Waals surface area contributed by atoms with Crippen molar-refractivity contribution in [1.82, 2.24) is 10.2 Å². The van der Waals surface area contributed by atoms with Gasteiger partial charge in [-0.3, -0.25) is 0 Å². The van der Waals surface area contributed by atoms with E-state index >= 15 is 0 Å². The Labute approximate surface area is 135 Å². The Balaban J connectivity index is 1.64. The quantitative estimate of drug-likeness (QED) is 0.900. The number of carbonyl (C=O) groups excluding carboxylic acids is 1. The second-order valence-electron chi connectivity index (χ2n) is 6.51. The van der Waals surface area contributed by atoms with Gasteiger partial charge in [0, 0.05) is 36.6 Å². The van der Waals surface area contributed by atoms with Crippen molar-refractivity contribution in [3.05, 3.63) is 34.3 Å². The Morgan fingerprint density at radius 2 is 2.14 bits per heavy atom. The summed E-state index contributed by atoms with van der Waals surface area (Å²) in [4.78, 5) is 13.6. The first-order chi connectivity index (χ1) is 9.83. The molecule has 1 aliphatic heterocycles. The molecule has 1 saturated heterocycles. The van der Waals surface area contributed by atoms with Gasteiger partial charge in [0.2, 0.25) is 0 Å². The summed E-state index contributed by atoms with van der Waals surface area (Å²) in [5, 5.41) is 3.44. The number of hydrogen-bond acceptors (Lipinski definition) is 3. The van der Waals surface area contributed by atoms with Gasteiger partial charge in [-0.25, -0.2) is 4.79 Å². The zero-order valence-corrected chi connectivity index (χ0v) is 14.4. The fourth-order valence-electron chi connectivity index (χ4n) is 2.24. The van der Waals surface area contributed by atoms with Gasteiger partial charge >= 0.3 is 6.09 Å². The van der Waals surface area contributed by atoms with E-state index in [1.165, 1.54) is 5.56 Å². The number of rotatable bonds is 4. The zero-order chi connectivity index (χ0) is 15.5. The topological polar surface area (TPSA) is 41.6 Å². The van der Waals surface area contributed by atoms with E-state index in [-0.39, 0.29) is 6.09 Å². The number of carbonyl (C=O) groups is 1. The molecule has 0 radical (unpaired) electrons. The lowest BCUT2D eigenvalue weighted by Gasteiger charge is -2.39. The average molecular weight is 355 g/mol. The van der Waals surface area contributed by atoms with Crippen LogP contribution in [0, 0.1) is 5.92 Å². The monoisotopic (exact) mass is 354 g/mol. The van der Waals surface area contributed by atoms with Gasteiger partial charge in [0.1, 0.15) is 5.60 Å². The van der Waals surface area contributed by atoms with Gasteiger partial charge in [-0.05, 0) is 38.5 Å². The van der Waals surface area contributed by atoms with Crippen LogP contribution in [-0.4, -0.2) is 36.2 Å². The van der Waals surface area contributed by atoms with E-state index in [4.69, 9.17) is 4.74 Å². The maximum absolute atomic E-state index is 11.8. The van der Waals surface area contributed by atoms with Crippen LogP contribution in [0.15, 0.2) is 28.7 Å². The van der Waals surface area contributed by atoms with Crippen LogP contribution >= 0.6 is 15.9 Å². The highest BCUT2D eigenvalue weighted by molar-refractivity contribution is 9.10.